The number of carbonyl (C=O) groups excluding carboxylic acids is 2. The zero-order valence-corrected chi connectivity index (χ0v) is 19.1. The van der Waals surface area contributed by atoms with Crippen LogP contribution in [0.5, 0.6) is 0 Å². The van der Waals surface area contributed by atoms with Crippen molar-refractivity contribution < 1.29 is 14.3 Å². The lowest BCUT2D eigenvalue weighted by Crippen LogP contribution is -2.38. The normalized spacial score (nSPS) is 16.2. The molecule has 1 saturated heterocycles. The number of hydrogen-bond donors (Lipinski definition) is 4. The van der Waals surface area contributed by atoms with Gasteiger partial charge in [0.25, 0.3) is 11.8 Å². The molecule has 0 saturated carbocycles. The van der Waals surface area contributed by atoms with E-state index in [0.29, 0.717) is 36.8 Å². The molecule has 2 heterocycles. The van der Waals surface area contributed by atoms with Gasteiger partial charge in [-0.2, -0.15) is 0 Å². The molecule has 1 fully saturated rings. The largest absolute Gasteiger partial charge is 0.381 e. The topological polar surface area (TPSA) is 104 Å². The molecular weight excluding hydrogens is 418 g/mol. The number of hydrogen-bond acceptors (Lipinski definition) is 6. The minimum Gasteiger partial charge on any atom is -0.381 e. The van der Waals surface area contributed by atoms with Gasteiger partial charge in [-0.25, -0.2) is 0 Å². The van der Waals surface area contributed by atoms with Crippen LogP contribution in [-0.2, 0) is 4.74 Å². The fourth-order valence-corrected chi connectivity index (χ4v) is 4.06. The molecule has 8 nitrogen and oxygen atoms in total. The Labute approximate surface area is 194 Å². The lowest BCUT2D eigenvalue weighted by molar-refractivity contribution is 0.0854. The van der Waals surface area contributed by atoms with Gasteiger partial charge in [-0.1, -0.05) is 6.07 Å². The smallest absolute Gasteiger partial charge is 0.257 e. The van der Waals surface area contributed by atoms with Gasteiger partial charge in [-0.15, -0.1) is 0 Å². The van der Waals surface area contributed by atoms with Gasteiger partial charge in [0.1, 0.15) is 0 Å². The van der Waals surface area contributed by atoms with Gasteiger partial charge < -0.3 is 20.7 Å². The van der Waals surface area contributed by atoms with Crippen LogP contribution in [0.2, 0.25) is 0 Å². The number of ether oxygens (including phenoxy) is 1. The van der Waals surface area contributed by atoms with E-state index in [9.17, 15) is 9.59 Å². The Bertz CT molecular complexity index is 1040. The third-order valence-electron chi connectivity index (χ3n) is 5.70. The van der Waals surface area contributed by atoms with E-state index in [0.717, 1.165) is 36.3 Å². The van der Waals surface area contributed by atoms with E-state index in [1.54, 1.807) is 6.07 Å². The molecule has 4 N–H and O–H groups in total. The summed E-state index contributed by atoms with van der Waals surface area (Å²) in [6, 6.07) is 13.2. The molecule has 0 radical (unpaired) electrons. The van der Waals surface area contributed by atoms with Gasteiger partial charge >= 0.3 is 0 Å². The number of benzene rings is 2. The first kappa shape index (κ1) is 22.8. The lowest BCUT2D eigenvalue weighted by Gasteiger charge is -2.25. The van der Waals surface area contributed by atoms with E-state index >= 15 is 0 Å². The summed E-state index contributed by atoms with van der Waals surface area (Å²) in [7, 11) is 0. The summed E-state index contributed by atoms with van der Waals surface area (Å²) in [6.45, 7) is 6.68. The molecule has 2 aromatic rings. The van der Waals surface area contributed by atoms with Crippen LogP contribution in [-0.4, -0.2) is 50.1 Å². The quantitative estimate of drug-likeness (QED) is 0.542. The Morgan fingerprint density at radius 2 is 1.85 bits per heavy atom. The zero-order chi connectivity index (χ0) is 23.2. The second kappa shape index (κ2) is 10.5. The fraction of sp³-hybridized carbons (Fsp3) is 0.400. The van der Waals surface area contributed by atoms with Crippen LogP contribution in [0.3, 0.4) is 0 Å². The molecule has 2 aromatic carbocycles. The first-order valence-corrected chi connectivity index (χ1v) is 11.5. The Hall–Kier alpha value is -3.39. The molecule has 2 amide bonds. The summed E-state index contributed by atoms with van der Waals surface area (Å²) >= 11 is 0. The van der Waals surface area contributed by atoms with Crippen molar-refractivity contribution in [3.8, 4) is 0 Å². The summed E-state index contributed by atoms with van der Waals surface area (Å²) in [4.78, 5) is 29.5. The van der Waals surface area contributed by atoms with Crippen LogP contribution in [0.1, 0.15) is 58.9 Å². The summed E-state index contributed by atoms with van der Waals surface area (Å²) in [5.41, 5.74) is 4.01. The van der Waals surface area contributed by atoms with Crippen LogP contribution in [0.4, 0.5) is 11.4 Å². The number of aliphatic imine (C=N–C) groups is 1. The van der Waals surface area contributed by atoms with E-state index in [4.69, 9.17) is 4.74 Å². The molecule has 0 spiro atoms. The van der Waals surface area contributed by atoms with E-state index in [1.165, 1.54) is 0 Å². The van der Waals surface area contributed by atoms with Crippen molar-refractivity contribution >= 4 is 29.1 Å². The Morgan fingerprint density at radius 3 is 2.58 bits per heavy atom. The highest BCUT2D eigenvalue weighted by molar-refractivity contribution is 6.06. The molecular formula is C25H31N5O3. The fourth-order valence-electron chi connectivity index (χ4n) is 4.06. The van der Waals surface area contributed by atoms with Gasteiger partial charge in [0, 0.05) is 48.3 Å². The predicted octanol–water partition coefficient (Wildman–Crippen LogP) is 3.15. The molecule has 0 bridgehead atoms. The van der Waals surface area contributed by atoms with Crippen molar-refractivity contribution in [3.05, 3.63) is 59.2 Å². The van der Waals surface area contributed by atoms with Gasteiger partial charge in [-0.3, -0.25) is 19.9 Å². The molecule has 4 rings (SSSR count). The number of guanidine groups is 1. The van der Waals surface area contributed by atoms with Gasteiger partial charge in [0.15, 0.2) is 5.96 Å². The minimum atomic E-state index is -0.185. The van der Waals surface area contributed by atoms with E-state index in [2.05, 4.69) is 26.3 Å². The van der Waals surface area contributed by atoms with Crippen molar-refractivity contribution in [2.24, 2.45) is 4.99 Å². The number of rotatable bonds is 6. The van der Waals surface area contributed by atoms with Crippen molar-refractivity contribution in [1.82, 2.24) is 16.0 Å². The van der Waals surface area contributed by atoms with Crippen LogP contribution in [0, 0.1) is 0 Å². The Balaban J connectivity index is 1.59. The van der Waals surface area contributed by atoms with Crippen LogP contribution < -0.4 is 21.3 Å². The molecule has 2 aliphatic heterocycles. The molecule has 0 atom stereocenters. The van der Waals surface area contributed by atoms with E-state index in [-0.39, 0.29) is 23.8 Å². The molecule has 0 aliphatic carbocycles. The summed E-state index contributed by atoms with van der Waals surface area (Å²) in [6.07, 6.45) is 1.79. The highest BCUT2D eigenvalue weighted by Gasteiger charge is 2.22. The maximum absolute atomic E-state index is 12.8. The van der Waals surface area contributed by atoms with Gasteiger partial charge in [0.05, 0.1) is 6.54 Å². The second-order valence-corrected chi connectivity index (χ2v) is 8.63. The Morgan fingerprint density at radius 1 is 1.06 bits per heavy atom. The highest BCUT2D eigenvalue weighted by Crippen LogP contribution is 2.34. The van der Waals surface area contributed by atoms with Crippen molar-refractivity contribution in [1.29, 1.82) is 0 Å². The second-order valence-electron chi connectivity index (χ2n) is 8.63. The molecule has 33 heavy (non-hydrogen) atoms. The van der Waals surface area contributed by atoms with Crippen LogP contribution >= 0.6 is 0 Å². The van der Waals surface area contributed by atoms with Crippen LogP contribution in [0.25, 0.3) is 0 Å². The predicted molar refractivity (Wildman–Crippen MR) is 129 cm³/mol. The summed E-state index contributed by atoms with van der Waals surface area (Å²) in [5, 5.41) is 12.3. The standard InChI is InChI=1S/C25H31N5O3/c1-16(2)28-23(31)18-4-3-5-20(14-18)29-22-7-6-19(24(32)30-25-26-10-11-27-25)15-21(22)17-8-12-33-13-9-17/h3-7,14-17,29H,8-13H2,1-2H3,(H,28,31)(H2,26,27,30,32). The monoisotopic (exact) mass is 449 g/mol. The molecule has 0 aromatic heterocycles. The first-order chi connectivity index (χ1) is 16.0. The molecule has 8 heteroatoms. The maximum Gasteiger partial charge on any atom is 0.257 e. The molecule has 2 aliphatic rings. The minimum absolute atomic E-state index is 0.0679. The van der Waals surface area contributed by atoms with Crippen molar-refractivity contribution in [3.63, 3.8) is 0 Å². The lowest BCUT2D eigenvalue weighted by atomic mass is 9.89. The molecule has 0 unspecified atom stereocenters. The highest BCUT2D eigenvalue weighted by atomic mass is 16.5. The van der Waals surface area contributed by atoms with Gasteiger partial charge in [-0.05, 0) is 74.6 Å². The average Bonchev–Trinajstić information content (AvgIpc) is 3.32. The maximum atomic E-state index is 12.8. The molecule has 174 valence electrons. The summed E-state index contributed by atoms with van der Waals surface area (Å²) < 4.78 is 5.55. The third-order valence-corrected chi connectivity index (χ3v) is 5.70. The number of nitrogens with one attached hydrogen (secondary N) is 4. The number of amides is 2. The van der Waals surface area contributed by atoms with Crippen molar-refractivity contribution in [2.75, 3.05) is 31.6 Å². The average molecular weight is 450 g/mol. The van der Waals surface area contributed by atoms with E-state index in [1.807, 2.05) is 50.2 Å². The SMILES string of the molecule is CC(C)NC(=O)c1cccc(Nc2ccc(C(=O)NC3=NCCN3)cc2C2CCOCC2)c1. The Kier molecular flexibility index (Phi) is 7.24. The number of carbonyl (C=O) groups is 2. The zero-order valence-electron chi connectivity index (χ0n) is 19.1. The summed E-state index contributed by atoms with van der Waals surface area (Å²) in [5.74, 6) is 0.513. The van der Waals surface area contributed by atoms with E-state index < -0.39 is 0 Å². The van der Waals surface area contributed by atoms with Crippen LogP contribution in [0.15, 0.2) is 47.5 Å². The third kappa shape index (κ3) is 5.90. The number of nitrogens with zero attached hydrogens (tertiary/aromatic N) is 1. The number of anilines is 2. The van der Waals surface area contributed by atoms with Crippen molar-refractivity contribution in [2.45, 2.75) is 38.6 Å². The first-order valence-electron chi connectivity index (χ1n) is 11.5. The van der Waals surface area contributed by atoms with Gasteiger partial charge in [0.2, 0.25) is 0 Å².